The second kappa shape index (κ2) is 25.4. The normalized spacial score (nSPS) is 10.8. The molecule has 354 valence electrons. The lowest BCUT2D eigenvalue weighted by Crippen LogP contribution is -2.04. The van der Waals surface area contributed by atoms with E-state index in [0.29, 0.717) is 92.9 Å². The van der Waals surface area contributed by atoms with E-state index in [0.717, 1.165) is 56.4 Å². The molecule has 0 unspecified atom stereocenters. The lowest BCUT2D eigenvalue weighted by Gasteiger charge is -2.16. The van der Waals surface area contributed by atoms with Crippen molar-refractivity contribution in [1.82, 2.24) is 0 Å². The van der Waals surface area contributed by atoms with Crippen LogP contribution in [0.3, 0.4) is 0 Å². The van der Waals surface area contributed by atoms with Gasteiger partial charge in [-0.15, -0.1) is 0 Å². The molecule has 7 rings (SSSR count). The molecule has 11 nitrogen and oxygen atoms in total. The quantitative estimate of drug-likeness (QED) is 0.0532. The Morgan fingerprint density at radius 2 is 0.529 bits per heavy atom. The maximum atomic E-state index is 10.2. The van der Waals surface area contributed by atoms with Crippen molar-refractivity contribution in [3.05, 3.63) is 191 Å². The van der Waals surface area contributed by atoms with Gasteiger partial charge in [0.05, 0.1) is 33.0 Å². The highest BCUT2D eigenvalue weighted by molar-refractivity contribution is 5.46. The van der Waals surface area contributed by atoms with Crippen LogP contribution in [0.15, 0.2) is 152 Å². The third-order valence-corrected chi connectivity index (χ3v) is 10.5. The highest BCUT2D eigenvalue weighted by Gasteiger charge is 2.13. The fraction of sp³-hybridized carbons (Fsp3) is 0.263. The summed E-state index contributed by atoms with van der Waals surface area (Å²) in [6, 6.07) is 48.3. The van der Waals surface area contributed by atoms with E-state index in [1.807, 2.05) is 167 Å². The van der Waals surface area contributed by atoms with Crippen molar-refractivity contribution in [3.63, 3.8) is 0 Å². The van der Waals surface area contributed by atoms with Gasteiger partial charge in [-0.25, -0.2) is 0 Å². The molecule has 0 saturated heterocycles. The van der Waals surface area contributed by atoms with Crippen molar-refractivity contribution >= 4 is 0 Å². The highest BCUT2D eigenvalue weighted by atomic mass is 16.5. The summed E-state index contributed by atoms with van der Waals surface area (Å²) < 4.78 is 60.4. The van der Waals surface area contributed by atoms with Gasteiger partial charge in [-0.1, -0.05) is 60.7 Å². The molecule has 0 amide bonds. The fourth-order valence-corrected chi connectivity index (χ4v) is 7.01. The molecule has 0 aliphatic heterocycles. The maximum absolute atomic E-state index is 10.2. The molecule has 0 spiro atoms. The summed E-state index contributed by atoms with van der Waals surface area (Å²) in [5.74, 6) is 6.67. The third-order valence-electron chi connectivity index (χ3n) is 10.5. The molecule has 68 heavy (non-hydrogen) atoms. The van der Waals surface area contributed by atoms with Gasteiger partial charge in [0, 0.05) is 6.07 Å². The van der Waals surface area contributed by atoms with Crippen molar-refractivity contribution in [2.45, 2.75) is 73.9 Å². The first-order valence-corrected chi connectivity index (χ1v) is 23.0. The van der Waals surface area contributed by atoms with Gasteiger partial charge in [0.1, 0.15) is 74.1 Å². The summed E-state index contributed by atoms with van der Waals surface area (Å²) in [5.41, 5.74) is 6.33. The zero-order chi connectivity index (χ0) is 47.3. The molecule has 0 heterocycles. The second-order valence-electron chi connectivity index (χ2n) is 15.6. The predicted octanol–water partition coefficient (Wildman–Crippen LogP) is 12.2. The number of benzene rings is 7. The lowest BCUT2D eigenvalue weighted by molar-refractivity contribution is 0.252. The number of ether oxygens (including phenoxy) is 10. The zero-order valence-corrected chi connectivity index (χ0v) is 39.2. The van der Waals surface area contributed by atoms with Gasteiger partial charge < -0.3 is 52.5 Å². The zero-order valence-electron chi connectivity index (χ0n) is 39.2. The Morgan fingerprint density at radius 1 is 0.250 bits per heavy atom. The Labute approximate surface area is 399 Å². The second-order valence-corrected chi connectivity index (χ2v) is 15.6. The van der Waals surface area contributed by atoms with E-state index in [9.17, 15) is 5.11 Å². The average Bonchev–Trinajstić information content (AvgIpc) is 3.37. The van der Waals surface area contributed by atoms with E-state index in [1.54, 1.807) is 12.1 Å². The first kappa shape index (κ1) is 48.4. The van der Waals surface area contributed by atoms with Crippen molar-refractivity contribution in [2.24, 2.45) is 0 Å². The minimum atomic E-state index is -0.193. The SMILES string of the molecule is CCOc1ccc(COc2ccc(COc3cc(CO)cc(OCc4ccc(OCc5ccc(OCC)cc5)c(OCc5ccc(OCC)cc5)c4)c3)cc2OCc2ccc(OCC)cc2)cc1. The van der Waals surface area contributed by atoms with E-state index in [2.05, 4.69) is 0 Å². The standard InChI is InChI=1S/C57H60O11/c1-5-59-48-19-9-41(10-20-48)35-65-54-27-17-45(31-56(54)67-37-43-13-23-50(24-14-43)61-7-3)39-63-52-29-47(34-58)30-53(33-52)64-40-46-18-28-55(66-36-42-11-21-49(22-12-42)60-6-2)57(32-46)68-38-44-15-25-51(26-16-44)62-8-4/h9-33,58H,5-8,34-40H2,1-4H3. The monoisotopic (exact) mass is 920 g/mol. The summed E-state index contributed by atoms with van der Waals surface area (Å²) in [4.78, 5) is 0. The van der Waals surface area contributed by atoms with Crippen LogP contribution < -0.4 is 47.4 Å². The minimum absolute atomic E-state index is 0.193. The Hall–Kier alpha value is -7.50. The summed E-state index contributed by atoms with van der Waals surface area (Å²) in [7, 11) is 0. The first-order valence-electron chi connectivity index (χ1n) is 23.0. The van der Waals surface area contributed by atoms with Gasteiger partial charge in [0.25, 0.3) is 0 Å². The molecule has 7 aromatic rings. The largest absolute Gasteiger partial charge is 0.494 e. The summed E-state index contributed by atoms with van der Waals surface area (Å²) in [6.45, 7) is 11.8. The molecule has 0 atom stereocenters. The van der Waals surface area contributed by atoms with Crippen LogP contribution in [0.2, 0.25) is 0 Å². The molecule has 0 aliphatic carbocycles. The molecule has 0 radical (unpaired) electrons. The highest BCUT2D eigenvalue weighted by Crippen LogP contribution is 2.34. The van der Waals surface area contributed by atoms with Gasteiger partial charge in [-0.3, -0.25) is 0 Å². The lowest BCUT2D eigenvalue weighted by atomic mass is 10.2. The number of rotatable bonds is 27. The smallest absolute Gasteiger partial charge is 0.162 e. The molecular formula is C57H60O11. The minimum Gasteiger partial charge on any atom is -0.494 e. The summed E-state index contributed by atoms with van der Waals surface area (Å²) in [6.07, 6.45) is 0. The molecule has 0 fully saturated rings. The number of aliphatic hydroxyl groups is 1. The van der Waals surface area contributed by atoms with Crippen molar-refractivity contribution in [2.75, 3.05) is 26.4 Å². The van der Waals surface area contributed by atoms with Crippen LogP contribution in [0.25, 0.3) is 0 Å². The van der Waals surface area contributed by atoms with Crippen LogP contribution in [0.5, 0.6) is 57.5 Å². The Bertz CT molecular complexity index is 2420. The molecular weight excluding hydrogens is 861 g/mol. The van der Waals surface area contributed by atoms with Crippen molar-refractivity contribution in [3.8, 4) is 57.5 Å². The third kappa shape index (κ3) is 14.8. The van der Waals surface area contributed by atoms with E-state index in [4.69, 9.17) is 47.4 Å². The van der Waals surface area contributed by atoms with Crippen molar-refractivity contribution in [1.29, 1.82) is 0 Å². The van der Waals surface area contributed by atoms with Gasteiger partial charge in [-0.2, -0.15) is 0 Å². The Balaban J connectivity index is 1.03. The van der Waals surface area contributed by atoms with Crippen LogP contribution in [-0.4, -0.2) is 31.5 Å². The van der Waals surface area contributed by atoms with Gasteiger partial charge in [0.2, 0.25) is 0 Å². The van der Waals surface area contributed by atoms with Crippen molar-refractivity contribution < 1.29 is 52.5 Å². The summed E-state index contributed by atoms with van der Waals surface area (Å²) >= 11 is 0. The molecule has 7 aromatic carbocycles. The molecule has 0 bridgehead atoms. The Kier molecular flexibility index (Phi) is 18.1. The van der Waals surface area contributed by atoms with Crippen LogP contribution >= 0.6 is 0 Å². The van der Waals surface area contributed by atoms with Gasteiger partial charge in [0.15, 0.2) is 23.0 Å². The van der Waals surface area contributed by atoms with Gasteiger partial charge >= 0.3 is 0 Å². The number of hydrogen-bond acceptors (Lipinski definition) is 11. The Morgan fingerprint density at radius 3 is 0.824 bits per heavy atom. The van der Waals surface area contributed by atoms with Crippen LogP contribution in [-0.2, 0) is 46.2 Å². The fourth-order valence-electron chi connectivity index (χ4n) is 7.01. The number of hydrogen-bond donors (Lipinski definition) is 1. The van der Waals surface area contributed by atoms with E-state index >= 15 is 0 Å². The maximum Gasteiger partial charge on any atom is 0.162 e. The van der Waals surface area contributed by atoms with Crippen LogP contribution in [0.4, 0.5) is 0 Å². The average molecular weight is 921 g/mol. The van der Waals surface area contributed by atoms with E-state index < -0.39 is 0 Å². The molecule has 0 saturated carbocycles. The molecule has 0 aromatic heterocycles. The number of aliphatic hydroxyl groups excluding tert-OH is 1. The van der Waals surface area contributed by atoms with Gasteiger partial charge in [-0.05, 0) is 152 Å². The van der Waals surface area contributed by atoms with Crippen LogP contribution in [0.1, 0.15) is 66.6 Å². The predicted molar refractivity (Wildman–Crippen MR) is 262 cm³/mol. The van der Waals surface area contributed by atoms with E-state index in [-0.39, 0.29) is 19.8 Å². The van der Waals surface area contributed by atoms with E-state index in [1.165, 1.54) is 0 Å². The first-order chi connectivity index (χ1) is 33.4. The molecule has 1 N–H and O–H groups in total. The topological polar surface area (TPSA) is 113 Å². The van der Waals surface area contributed by atoms with Crippen LogP contribution in [0, 0.1) is 0 Å². The molecule has 11 heteroatoms. The molecule has 0 aliphatic rings. The summed E-state index contributed by atoms with van der Waals surface area (Å²) in [5, 5.41) is 10.2.